The van der Waals surface area contributed by atoms with E-state index >= 15 is 0 Å². The number of halogens is 1. The van der Waals surface area contributed by atoms with E-state index in [1.807, 2.05) is 22.6 Å². The van der Waals surface area contributed by atoms with Crippen LogP contribution < -0.4 is 0 Å². The number of amides is 1. The van der Waals surface area contributed by atoms with Crippen molar-refractivity contribution in [2.24, 2.45) is 5.92 Å². The number of aryl methyl sites for hydroxylation is 2. The normalized spacial score (nSPS) is 19.4. The van der Waals surface area contributed by atoms with Crippen LogP contribution in [0.25, 0.3) is 0 Å². The minimum absolute atomic E-state index is 0.151. The molecule has 1 atom stereocenters. The summed E-state index contributed by atoms with van der Waals surface area (Å²) in [5.74, 6) is 0.786. The molecule has 20 heavy (non-hydrogen) atoms. The zero-order chi connectivity index (χ0) is 14.5. The molecule has 4 nitrogen and oxygen atoms in total. The van der Waals surface area contributed by atoms with E-state index in [-0.39, 0.29) is 5.91 Å². The number of alkyl halides is 1. The van der Waals surface area contributed by atoms with Crippen LogP contribution in [0.5, 0.6) is 0 Å². The van der Waals surface area contributed by atoms with Gasteiger partial charge in [-0.2, -0.15) is 5.10 Å². The molecule has 0 saturated carbocycles. The van der Waals surface area contributed by atoms with Crippen LogP contribution in [0.3, 0.4) is 0 Å². The predicted octanol–water partition coefficient (Wildman–Crippen LogP) is 3.10. The van der Waals surface area contributed by atoms with Gasteiger partial charge in [0.05, 0.1) is 5.69 Å². The molecular formula is C15H24BrN3O. The topological polar surface area (TPSA) is 38.1 Å². The Labute approximate surface area is 129 Å². The Morgan fingerprint density at radius 1 is 1.50 bits per heavy atom. The van der Waals surface area contributed by atoms with Gasteiger partial charge in [-0.3, -0.25) is 9.48 Å². The summed E-state index contributed by atoms with van der Waals surface area (Å²) in [6.07, 6.45) is 4.38. The Hall–Kier alpha value is -0.840. The summed E-state index contributed by atoms with van der Waals surface area (Å²) in [5, 5.41) is 5.50. The third kappa shape index (κ3) is 3.43. The van der Waals surface area contributed by atoms with Gasteiger partial charge < -0.3 is 4.90 Å². The standard InChI is InChI=1S/C15H24BrN3O/c1-3-13-10-14(19(4-2)17-13)15(20)18-9-5-6-12(11-18)7-8-16/h10,12H,3-9,11H2,1-2H3. The lowest BCUT2D eigenvalue weighted by Gasteiger charge is -2.32. The SMILES string of the molecule is CCc1cc(C(=O)N2CCCC(CCBr)C2)n(CC)n1. The van der Waals surface area contributed by atoms with Crippen molar-refractivity contribution >= 4 is 21.8 Å². The van der Waals surface area contributed by atoms with Crippen LogP contribution in [0.4, 0.5) is 0 Å². The largest absolute Gasteiger partial charge is 0.337 e. The number of nitrogens with zero attached hydrogens (tertiary/aromatic N) is 3. The van der Waals surface area contributed by atoms with Gasteiger partial charge in [0.2, 0.25) is 0 Å². The molecule has 2 heterocycles. The highest BCUT2D eigenvalue weighted by molar-refractivity contribution is 9.09. The summed E-state index contributed by atoms with van der Waals surface area (Å²) in [6.45, 7) is 6.63. The van der Waals surface area contributed by atoms with E-state index in [1.54, 1.807) is 0 Å². The number of piperidine rings is 1. The van der Waals surface area contributed by atoms with Gasteiger partial charge in [-0.05, 0) is 44.6 Å². The van der Waals surface area contributed by atoms with Gasteiger partial charge in [0, 0.05) is 25.0 Å². The summed E-state index contributed by atoms with van der Waals surface area (Å²) in [4.78, 5) is 14.7. The van der Waals surface area contributed by atoms with Gasteiger partial charge in [-0.1, -0.05) is 22.9 Å². The highest BCUT2D eigenvalue weighted by Crippen LogP contribution is 2.22. The highest BCUT2D eigenvalue weighted by atomic mass is 79.9. The van der Waals surface area contributed by atoms with E-state index in [1.165, 1.54) is 6.42 Å². The van der Waals surface area contributed by atoms with Gasteiger partial charge in [0.1, 0.15) is 5.69 Å². The second-order valence-corrected chi connectivity index (χ2v) is 6.22. The molecule has 1 aromatic rings. The number of carbonyl (C=O) groups excluding carboxylic acids is 1. The van der Waals surface area contributed by atoms with Crippen LogP contribution in [0.15, 0.2) is 6.07 Å². The third-order valence-corrected chi connectivity index (χ3v) is 4.49. The van der Waals surface area contributed by atoms with E-state index in [0.717, 1.165) is 55.6 Å². The molecule has 5 heteroatoms. The number of rotatable bonds is 5. The van der Waals surface area contributed by atoms with Crippen LogP contribution in [-0.2, 0) is 13.0 Å². The molecule has 0 aromatic carbocycles. The Kier molecular flexibility index (Phi) is 5.64. The van der Waals surface area contributed by atoms with Gasteiger partial charge in [0.15, 0.2) is 0 Å². The fourth-order valence-corrected chi connectivity index (χ4v) is 3.51. The van der Waals surface area contributed by atoms with Crippen molar-refractivity contribution in [3.05, 3.63) is 17.5 Å². The smallest absolute Gasteiger partial charge is 0.272 e. The summed E-state index contributed by atoms with van der Waals surface area (Å²) in [6, 6.07) is 1.96. The fraction of sp³-hybridized carbons (Fsp3) is 0.733. The summed E-state index contributed by atoms with van der Waals surface area (Å²) in [5.41, 5.74) is 1.76. The molecule has 2 rings (SSSR count). The second-order valence-electron chi connectivity index (χ2n) is 5.43. The molecule has 0 radical (unpaired) electrons. The van der Waals surface area contributed by atoms with Crippen molar-refractivity contribution < 1.29 is 4.79 Å². The monoisotopic (exact) mass is 341 g/mol. The summed E-state index contributed by atoms with van der Waals surface area (Å²) in [7, 11) is 0. The first-order chi connectivity index (χ1) is 9.69. The molecule has 1 saturated heterocycles. The summed E-state index contributed by atoms with van der Waals surface area (Å²) >= 11 is 3.50. The lowest BCUT2D eigenvalue weighted by atomic mass is 9.95. The molecule has 0 N–H and O–H groups in total. The molecule has 0 spiro atoms. The van der Waals surface area contributed by atoms with E-state index in [2.05, 4.69) is 28.0 Å². The lowest BCUT2D eigenvalue weighted by Crippen LogP contribution is -2.40. The maximum absolute atomic E-state index is 12.7. The molecule has 1 aromatic heterocycles. The van der Waals surface area contributed by atoms with Crippen molar-refractivity contribution in [3.63, 3.8) is 0 Å². The number of hydrogen-bond acceptors (Lipinski definition) is 2. The molecule has 112 valence electrons. The van der Waals surface area contributed by atoms with E-state index in [0.29, 0.717) is 5.92 Å². The number of likely N-dealkylation sites (tertiary alicyclic amines) is 1. The van der Waals surface area contributed by atoms with Gasteiger partial charge >= 0.3 is 0 Å². The lowest BCUT2D eigenvalue weighted by molar-refractivity contribution is 0.0659. The molecule has 1 aliphatic rings. The third-order valence-electron chi connectivity index (χ3n) is 4.04. The number of hydrogen-bond donors (Lipinski definition) is 0. The fourth-order valence-electron chi connectivity index (χ4n) is 2.86. The van der Waals surface area contributed by atoms with Crippen molar-refractivity contribution in [2.75, 3.05) is 18.4 Å². The van der Waals surface area contributed by atoms with Gasteiger partial charge in [-0.15, -0.1) is 0 Å². The van der Waals surface area contributed by atoms with Crippen molar-refractivity contribution in [3.8, 4) is 0 Å². The molecule has 0 aliphatic carbocycles. The van der Waals surface area contributed by atoms with Crippen LogP contribution >= 0.6 is 15.9 Å². The predicted molar refractivity (Wildman–Crippen MR) is 84.3 cm³/mol. The number of carbonyl (C=O) groups is 1. The first-order valence-corrected chi connectivity index (χ1v) is 8.73. The summed E-state index contributed by atoms with van der Waals surface area (Å²) < 4.78 is 1.84. The Balaban J connectivity index is 2.12. The zero-order valence-corrected chi connectivity index (χ0v) is 14.0. The Morgan fingerprint density at radius 3 is 2.95 bits per heavy atom. The van der Waals surface area contributed by atoms with Crippen molar-refractivity contribution in [2.45, 2.75) is 46.1 Å². The van der Waals surface area contributed by atoms with E-state index in [4.69, 9.17) is 0 Å². The van der Waals surface area contributed by atoms with Gasteiger partial charge in [-0.25, -0.2) is 0 Å². The molecule has 1 aliphatic heterocycles. The number of aromatic nitrogens is 2. The average Bonchev–Trinajstić information content (AvgIpc) is 2.90. The molecule has 1 unspecified atom stereocenters. The molecule has 1 fully saturated rings. The average molecular weight is 342 g/mol. The zero-order valence-electron chi connectivity index (χ0n) is 12.4. The minimum Gasteiger partial charge on any atom is -0.337 e. The maximum Gasteiger partial charge on any atom is 0.272 e. The Bertz CT molecular complexity index is 456. The molecular weight excluding hydrogens is 318 g/mol. The molecule has 1 amide bonds. The second kappa shape index (κ2) is 7.25. The first kappa shape index (κ1) is 15.5. The minimum atomic E-state index is 0.151. The van der Waals surface area contributed by atoms with E-state index < -0.39 is 0 Å². The van der Waals surface area contributed by atoms with Crippen LogP contribution in [0, 0.1) is 5.92 Å². The van der Waals surface area contributed by atoms with Crippen molar-refractivity contribution in [1.29, 1.82) is 0 Å². The quantitative estimate of drug-likeness (QED) is 0.771. The maximum atomic E-state index is 12.7. The van der Waals surface area contributed by atoms with Crippen LogP contribution in [-0.4, -0.2) is 39.0 Å². The van der Waals surface area contributed by atoms with Crippen LogP contribution in [0.1, 0.15) is 49.3 Å². The highest BCUT2D eigenvalue weighted by Gasteiger charge is 2.26. The first-order valence-electron chi connectivity index (χ1n) is 7.61. The van der Waals surface area contributed by atoms with Crippen molar-refractivity contribution in [1.82, 2.24) is 14.7 Å². The van der Waals surface area contributed by atoms with Crippen LogP contribution in [0.2, 0.25) is 0 Å². The molecule has 0 bridgehead atoms. The van der Waals surface area contributed by atoms with E-state index in [9.17, 15) is 4.79 Å². The Morgan fingerprint density at radius 2 is 2.30 bits per heavy atom. The van der Waals surface area contributed by atoms with Gasteiger partial charge in [0.25, 0.3) is 5.91 Å².